The molecular weight excluding hydrogens is 396 g/mol. The minimum absolute atomic E-state index is 0.130. The van der Waals surface area contributed by atoms with Gasteiger partial charge in [-0.2, -0.15) is 0 Å². The van der Waals surface area contributed by atoms with E-state index < -0.39 is 5.97 Å². The van der Waals surface area contributed by atoms with E-state index in [1.165, 1.54) is 0 Å². The van der Waals surface area contributed by atoms with E-state index in [0.29, 0.717) is 31.1 Å². The van der Waals surface area contributed by atoms with Gasteiger partial charge in [-0.15, -0.1) is 0 Å². The van der Waals surface area contributed by atoms with Crippen LogP contribution in [0, 0.1) is 0 Å². The van der Waals surface area contributed by atoms with E-state index in [4.69, 9.17) is 24.1 Å². The average Bonchev–Trinajstić information content (AvgIpc) is 2.76. The van der Waals surface area contributed by atoms with Crippen molar-refractivity contribution in [3.63, 3.8) is 0 Å². The molecule has 0 fully saturated rings. The molecule has 1 N–H and O–H groups in total. The molecule has 0 saturated carbocycles. The molecule has 6 nitrogen and oxygen atoms in total. The van der Waals surface area contributed by atoms with Crippen LogP contribution in [0.2, 0.25) is 0 Å². The summed E-state index contributed by atoms with van der Waals surface area (Å²) in [5, 5.41) is 8.72. The van der Waals surface area contributed by atoms with E-state index in [9.17, 15) is 4.79 Å². The summed E-state index contributed by atoms with van der Waals surface area (Å²) in [5.74, 6) is 0.507. The van der Waals surface area contributed by atoms with Crippen molar-refractivity contribution in [3.05, 3.63) is 65.2 Å². The number of rotatable bonds is 14. The van der Waals surface area contributed by atoms with Gasteiger partial charge in [0.1, 0.15) is 11.5 Å². The van der Waals surface area contributed by atoms with Crippen LogP contribution in [0.25, 0.3) is 18.2 Å². The maximum Gasteiger partial charge on any atom is 0.303 e. The van der Waals surface area contributed by atoms with E-state index in [1.807, 2.05) is 74.5 Å². The Morgan fingerprint density at radius 3 is 2.00 bits per heavy atom. The molecular formula is C25H30O6. The zero-order valence-electron chi connectivity index (χ0n) is 18.1. The summed E-state index contributed by atoms with van der Waals surface area (Å²) in [6.07, 6.45) is 8.43. The number of allylic oxidation sites excluding steroid dienone is 1. The Hall–Kier alpha value is -3.09. The average molecular weight is 427 g/mol. The molecule has 0 spiro atoms. The number of carbonyl (C=O) groups is 1. The van der Waals surface area contributed by atoms with Gasteiger partial charge in [-0.1, -0.05) is 42.5 Å². The van der Waals surface area contributed by atoms with Gasteiger partial charge in [-0.25, -0.2) is 0 Å². The lowest BCUT2D eigenvalue weighted by atomic mass is 10.1. The standard InChI is InChI=1S/C25H30O6/c1-3-28-18-30-23-15-22(16-24(17-23)31-19-29-4-2)13-12-21-10-7-9-20(14-21)8-5-6-11-25(26)27/h5,7-10,12-17H,3-4,6,11,18-19H2,1-2H3,(H,26,27). The van der Waals surface area contributed by atoms with Crippen LogP contribution >= 0.6 is 0 Å². The van der Waals surface area contributed by atoms with Gasteiger partial charge in [0.25, 0.3) is 0 Å². The second-order valence-corrected chi connectivity index (χ2v) is 6.59. The molecule has 2 aromatic rings. The first kappa shape index (κ1) is 24.2. The van der Waals surface area contributed by atoms with Crippen LogP contribution in [0.3, 0.4) is 0 Å². The summed E-state index contributed by atoms with van der Waals surface area (Å²) in [7, 11) is 0. The van der Waals surface area contributed by atoms with Crippen molar-refractivity contribution in [3.8, 4) is 11.5 Å². The molecule has 0 aliphatic heterocycles. The van der Waals surface area contributed by atoms with Crippen LogP contribution < -0.4 is 9.47 Å². The molecule has 0 heterocycles. The lowest BCUT2D eigenvalue weighted by Gasteiger charge is -2.11. The molecule has 6 heteroatoms. The van der Waals surface area contributed by atoms with Crippen LogP contribution in [0.4, 0.5) is 0 Å². The number of ether oxygens (including phenoxy) is 4. The highest BCUT2D eigenvalue weighted by Gasteiger charge is 2.03. The van der Waals surface area contributed by atoms with Crippen molar-refractivity contribution >= 4 is 24.2 Å². The molecule has 0 atom stereocenters. The smallest absolute Gasteiger partial charge is 0.303 e. The second kappa shape index (κ2) is 14.0. The molecule has 0 bridgehead atoms. The number of benzene rings is 2. The minimum Gasteiger partial charge on any atom is -0.481 e. The molecule has 2 aromatic carbocycles. The minimum atomic E-state index is -0.793. The summed E-state index contributed by atoms with van der Waals surface area (Å²) in [6.45, 7) is 5.32. The summed E-state index contributed by atoms with van der Waals surface area (Å²) in [4.78, 5) is 10.6. The molecule has 0 radical (unpaired) electrons. The fourth-order valence-corrected chi connectivity index (χ4v) is 2.63. The molecule has 31 heavy (non-hydrogen) atoms. The van der Waals surface area contributed by atoms with E-state index in [0.717, 1.165) is 16.7 Å². The zero-order valence-corrected chi connectivity index (χ0v) is 18.1. The Bertz CT molecular complexity index is 844. The van der Waals surface area contributed by atoms with Gasteiger partial charge in [-0.3, -0.25) is 4.79 Å². The van der Waals surface area contributed by atoms with E-state index >= 15 is 0 Å². The molecule has 0 aliphatic rings. The fraction of sp³-hybridized carbons (Fsp3) is 0.320. The van der Waals surface area contributed by atoms with Gasteiger partial charge in [0.05, 0.1) is 0 Å². The number of carboxylic acid groups (broad SMARTS) is 1. The van der Waals surface area contributed by atoms with Gasteiger partial charge in [-0.05, 0) is 55.2 Å². The maximum absolute atomic E-state index is 10.6. The first-order chi connectivity index (χ1) is 15.1. The van der Waals surface area contributed by atoms with E-state index in [1.54, 1.807) is 6.07 Å². The number of aliphatic carboxylic acids is 1. The molecule has 0 aliphatic carbocycles. The molecule has 166 valence electrons. The van der Waals surface area contributed by atoms with E-state index in [-0.39, 0.29) is 20.0 Å². The quantitative estimate of drug-likeness (QED) is 0.245. The monoisotopic (exact) mass is 426 g/mol. The summed E-state index contributed by atoms with van der Waals surface area (Å²) >= 11 is 0. The highest BCUT2D eigenvalue weighted by molar-refractivity contribution is 5.72. The zero-order chi connectivity index (χ0) is 22.3. The summed E-state index contributed by atoms with van der Waals surface area (Å²) in [6, 6.07) is 13.6. The van der Waals surface area contributed by atoms with Crippen molar-refractivity contribution in [1.29, 1.82) is 0 Å². The molecule has 0 amide bonds. The predicted molar refractivity (Wildman–Crippen MR) is 122 cm³/mol. The van der Waals surface area contributed by atoms with Gasteiger partial charge in [0, 0.05) is 25.7 Å². The topological polar surface area (TPSA) is 74.2 Å². The third kappa shape index (κ3) is 9.98. The Labute approximate surface area is 183 Å². The third-order valence-electron chi connectivity index (χ3n) is 4.14. The second-order valence-electron chi connectivity index (χ2n) is 6.59. The van der Waals surface area contributed by atoms with Crippen molar-refractivity contribution in [2.75, 3.05) is 26.8 Å². The third-order valence-corrected chi connectivity index (χ3v) is 4.14. The Morgan fingerprint density at radius 1 is 0.839 bits per heavy atom. The van der Waals surface area contributed by atoms with Crippen LogP contribution in [-0.2, 0) is 14.3 Å². The highest BCUT2D eigenvalue weighted by atomic mass is 16.7. The Balaban J connectivity index is 2.11. The van der Waals surface area contributed by atoms with Crippen LogP contribution in [-0.4, -0.2) is 37.9 Å². The number of carboxylic acids is 1. The molecule has 2 rings (SSSR count). The Kier molecular flexibility index (Phi) is 10.9. The maximum atomic E-state index is 10.6. The lowest BCUT2D eigenvalue weighted by molar-refractivity contribution is -0.136. The first-order valence-corrected chi connectivity index (χ1v) is 10.3. The summed E-state index contributed by atoms with van der Waals surface area (Å²) < 4.78 is 21.8. The largest absolute Gasteiger partial charge is 0.481 e. The van der Waals surface area contributed by atoms with Crippen LogP contribution in [0.1, 0.15) is 43.4 Å². The fourth-order valence-electron chi connectivity index (χ4n) is 2.63. The van der Waals surface area contributed by atoms with Crippen LogP contribution in [0.5, 0.6) is 11.5 Å². The van der Waals surface area contributed by atoms with Crippen molar-refractivity contribution in [2.24, 2.45) is 0 Å². The van der Waals surface area contributed by atoms with E-state index in [2.05, 4.69) is 0 Å². The summed E-state index contributed by atoms with van der Waals surface area (Å²) in [5.41, 5.74) is 2.96. The normalized spacial score (nSPS) is 11.3. The highest BCUT2D eigenvalue weighted by Crippen LogP contribution is 2.25. The SMILES string of the molecule is CCOCOc1cc(C=Cc2cccc(C=CCCC(=O)O)c2)cc(OCOCC)c1. The van der Waals surface area contributed by atoms with Crippen molar-refractivity contribution < 1.29 is 28.8 Å². The first-order valence-electron chi connectivity index (χ1n) is 10.3. The number of hydrogen-bond acceptors (Lipinski definition) is 5. The molecule has 0 saturated heterocycles. The van der Waals surface area contributed by atoms with Gasteiger partial charge >= 0.3 is 5.97 Å². The molecule has 0 unspecified atom stereocenters. The van der Waals surface area contributed by atoms with Crippen LogP contribution in [0.15, 0.2) is 48.5 Å². The lowest BCUT2D eigenvalue weighted by Crippen LogP contribution is -2.04. The van der Waals surface area contributed by atoms with Crippen molar-refractivity contribution in [1.82, 2.24) is 0 Å². The molecule has 0 aromatic heterocycles. The Morgan fingerprint density at radius 2 is 1.42 bits per heavy atom. The van der Waals surface area contributed by atoms with Crippen molar-refractivity contribution in [2.45, 2.75) is 26.7 Å². The van der Waals surface area contributed by atoms with Gasteiger partial charge in [0.15, 0.2) is 13.6 Å². The van der Waals surface area contributed by atoms with Gasteiger partial charge < -0.3 is 24.1 Å². The number of hydrogen-bond donors (Lipinski definition) is 1. The predicted octanol–water partition coefficient (Wildman–Crippen LogP) is 5.48. The van der Waals surface area contributed by atoms with Gasteiger partial charge in [0.2, 0.25) is 0 Å².